The Kier molecular flexibility index (Phi) is 6.04. The largest absolute Gasteiger partial charge is 0.383 e. The lowest BCUT2D eigenvalue weighted by Crippen LogP contribution is -2.34. The van der Waals surface area contributed by atoms with Gasteiger partial charge in [0.05, 0.1) is 23.0 Å². The Morgan fingerprint density at radius 3 is 2.74 bits per heavy atom. The van der Waals surface area contributed by atoms with Crippen LogP contribution in [0.5, 0.6) is 0 Å². The number of halogens is 1. The van der Waals surface area contributed by atoms with E-state index in [-0.39, 0.29) is 5.41 Å². The zero-order chi connectivity index (χ0) is 14.5. The van der Waals surface area contributed by atoms with Gasteiger partial charge in [-0.2, -0.15) is 5.10 Å². The molecule has 0 spiro atoms. The molecule has 0 aliphatic carbocycles. The summed E-state index contributed by atoms with van der Waals surface area (Å²) in [6.07, 6.45) is 2.79. The predicted molar refractivity (Wildman–Crippen MR) is 79.7 cm³/mol. The van der Waals surface area contributed by atoms with Gasteiger partial charge in [0.15, 0.2) is 0 Å². The molecule has 1 atom stereocenters. The van der Waals surface area contributed by atoms with E-state index in [1.165, 1.54) is 0 Å². The molecule has 1 aromatic rings. The van der Waals surface area contributed by atoms with Gasteiger partial charge in [-0.15, -0.1) is 6.58 Å². The van der Waals surface area contributed by atoms with Gasteiger partial charge in [0.1, 0.15) is 0 Å². The van der Waals surface area contributed by atoms with Crippen molar-refractivity contribution in [1.82, 2.24) is 15.1 Å². The number of hydrogen-bond acceptors (Lipinski definition) is 3. The number of rotatable bonds is 8. The first-order valence-corrected chi connectivity index (χ1v) is 6.82. The summed E-state index contributed by atoms with van der Waals surface area (Å²) < 4.78 is 6.88. The third-order valence-corrected chi connectivity index (χ3v) is 3.83. The fourth-order valence-electron chi connectivity index (χ4n) is 2.01. The Balaban J connectivity index is 2.71. The van der Waals surface area contributed by atoms with E-state index in [2.05, 4.69) is 23.9 Å². The van der Waals surface area contributed by atoms with E-state index in [1.54, 1.807) is 7.11 Å². The second-order valence-corrected chi connectivity index (χ2v) is 5.55. The van der Waals surface area contributed by atoms with Gasteiger partial charge in [-0.05, 0) is 6.92 Å². The minimum absolute atomic E-state index is 0.0579. The quantitative estimate of drug-likeness (QED) is 0.589. The van der Waals surface area contributed by atoms with E-state index in [0.29, 0.717) is 6.61 Å². The molecule has 0 fully saturated rings. The lowest BCUT2D eigenvalue weighted by molar-refractivity contribution is 0.195. The van der Waals surface area contributed by atoms with Crippen molar-refractivity contribution in [3.05, 3.63) is 29.1 Å². The van der Waals surface area contributed by atoms with Gasteiger partial charge in [-0.25, -0.2) is 0 Å². The standard InChI is InChI=1S/C14H24ClN3O/c1-6-14(3,10-16-7-8-19-5)9-12-13(15)11(2)17-18(12)4/h6,16H,1,7-10H2,2-5H3. The maximum Gasteiger partial charge on any atom is 0.0847 e. The van der Waals surface area contributed by atoms with Crippen LogP contribution >= 0.6 is 11.6 Å². The fraction of sp³-hybridized carbons (Fsp3) is 0.643. The van der Waals surface area contributed by atoms with Crippen molar-refractivity contribution >= 4 is 11.6 Å². The van der Waals surface area contributed by atoms with Crippen molar-refractivity contribution < 1.29 is 4.74 Å². The summed E-state index contributed by atoms with van der Waals surface area (Å²) in [6.45, 7) is 10.4. The minimum Gasteiger partial charge on any atom is -0.383 e. The first-order chi connectivity index (χ1) is 8.93. The summed E-state index contributed by atoms with van der Waals surface area (Å²) in [6, 6.07) is 0. The van der Waals surface area contributed by atoms with E-state index >= 15 is 0 Å². The number of aromatic nitrogens is 2. The molecule has 1 aromatic heterocycles. The van der Waals surface area contributed by atoms with Crippen LogP contribution in [0.15, 0.2) is 12.7 Å². The van der Waals surface area contributed by atoms with Crippen molar-refractivity contribution in [2.24, 2.45) is 12.5 Å². The van der Waals surface area contributed by atoms with Crippen LogP contribution in [-0.4, -0.2) is 36.6 Å². The molecule has 0 radical (unpaired) electrons. The molecule has 1 rings (SSSR count). The molecule has 108 valence electrons. The third-order valence-electron chi connectivity index (χ3n) is 3.34. The highest BCUT2D eigenvalue weighted by Crippen LogP contribution is 2.28. The van der Waals surface area contributed by atoms with Gasteiger partial charge in [-0.1, -0.05) is 24.6 Å². The van der Waals surface area contributed by atoms with Crippen molar-refractivity contribution in [2.75, 3.05) is 26.8 Å². The average Bonchev–Trinajstić information content (AvgIpc) is 2.61. The van der Waals surface area contributed by atoms with Crippen LogP contribution in [-0.2, 0) is 18.2 Å². The smallest absolute Gasteiger partial charge is 0.0847 e. The number of methoxy groups -OCH3 is 1. The second kappa shape index (κ2) is 7.08. The van der Waals surface area contributed by atoms with Gasteiger partial charge in [0.25, 0.3) is 0 Å². The highest BCUT2D eigenvalue weighted by molar-refractivity contribution is 6.31. The van der Waals surface area contributed by atoms with E-state index in [9.17, 15) is 0 Å². The summed E-state index contributed by atoms with van der Waals surface area (Å²) in [4.78, 5) is 0. The Morgan fingerprint density at radius 1 is 1.58 bits per heavy atom. The minimum atomic E-state index is -0.0579. The van der Waals surface area contributed by atoms with Crippen LogP contribution in [0.25, 0.3) is 0 Å². The lowest BCUT2D eigenvalue weighted by atomic mass is 9.85. The number of ether oxygens (including phenoxy) is 1. The molecule has 0 aliphatic heterocycles. The molecule has 1 N–H and O–H groups in total. The number of hydrogen-bond donors (Lipinski definition) is 1. The molecule has 4 nitrogen and oxygen atoms in total. The maximum absolute atomic E-state index is 6.30. The van der Waals surface area contributed by atoms with Crippen LogP contribution in [0.4, 0.5) is 0 Å². The summed E-state index contributed by atoms with van der Waals surface area (Å²) in [7, 11) is 3.63. The molecule has 5 heteroatoms. The number of nitrogens with zero attached hydrogens (tertiary/aromatic N) is 2. The Morgan fingerprint density at radius 2 is 2.26 bits per heavy atom. The van der Waals surface area contributed by atoms with Gasteiger partial charge >= 0.3 is 0 Å². The normalized spacial score (nSPS) is 14.4. The summed E-state index contributed by atoms with van der Waals surface area (Å²) in [5, 5.41) is 8.48. The van der Waals surface area contributed by atoms with E-state index in [1.807, 2.05) is 24.7 Å². The maximum atomic E-state index is 6.30. The highest BCUT2D eigenvalue weighted by Gasteiger charge is 2.24. The molecule has 0 bridgehead atoms. The SMILES string of the molecule is C=CC(C)(CNCCOC)Cc1c(Cl)c(C)nn1C. The zero-order valence-electron chi connectivity index (χ0n) is 12.3. The van der Waals surface area contributed by atoms with Crippen LogP contribution in [0, 0.1) is 12.3 Å². The van der Waals surface area contributed by atoms with Crippen molar-refractivity contribution in [2.45, 2.75) is 20.3 Å². The van der Waals surface area contributed by atoms with Gasteiger partial charge < -0.3 is 10.1 Å². The monoisotopic (exact) mass is 285 g/mol. The van der Waals surface area contributed by atoms with Crippen LogP contribution < -0.4 is 5.32 Å². The van der Waals surface area contributed by atoms with Crippen LogP contribution in [0.2, 0.25) is 5.02 Å². The molecule has 0 saturated heterocycles. The Hall–Kier alpha value is -0.840. The summed E-state index contributed by atoms with van der Waals surface area (Å²) >= 11 is 6.30. The second-order valence-electron chi connectivity index (χ2n) is 5.17. The first kappa shape index (κ1) is 16.2. The topological polar surface area (TPSA) is 39.1 Å². The van der Waals surface area contributed by atoms with Gasteiger partial charge in [-0.3, -0.25) is 4.68 Å². The van der Waals surface area contributed by atoms with Crippen molar-refractivity contribution in [3.8, 4) is 0 Å². The number of nitrogens with one attached hydrogen (secondary N) is 1. The molecular weight excluding hydrogens is 262 g/mol. The molecule has 1 heterocycles. The summed E-state index contributed by atoms with van der Waals surface area (Å²) in [5.41, 5.74) is 1.87. The molecule has 0 amide bonds. The molecular formula is C14H24ClN3O. The predicted octanol–water partition coefficient (Wildman–Crippen LogP) is 2.35. The Bertz CT molecular complexity index is 431. The van der Waals surface area contributed by atoms with Crippen molar-refractivity contribution in [3.63, 3.8) is 0 Å². The third kappa shape index (κ3) is 4.34. The van der Waals surface area contributed by atoms with E-state index < -0.39 is 0 Å². The average molecular weight is 286 g/mol. The van der Waals surface area contributed by atoms with E-state index in [0.717, 1.165) is 35.9 Å². The Labute approximate surface area is 120 Å². The number of aryl methyl sites for hydroxylation is 2. The van der Waals surface area contributed by atoms with Crippen LogP contribution in [0.1, 0.15) is 18.3 Å². The summed E-state index contributed by atoms with van der Waals surface area (Å²) in [5.74, 6) is 0. The molecule has 0 saturated carbocycles. The van der Waals surface area contributed by atoms with E-state index in [4.69, 9.17) is 16.3 Å². The molecule has 0 aliphatic rings. The fourth-order valence-corrected chi connectivity index (χ4v) is 2.24. The lowest BCUT2D eigenvalue weighted by Gasteiger charge is -2.26. The highest BCUT2D eigenvalue weighted by atomic mass is 35.5. The zero-order valence-corrected chi connectivity index (χ0v) is 13.0. The van der Waals surface area contributed by atoms with Crippen molar-refractivity contribution in [1.29, 1.82) is 0 Å². The first-order valence-electron chi connectivity index (χ1n) is 6.45. The van der Waals surface area contributed by atoms with Gasteiger partial charge in [0.2, 0.25) is 0 Å². The van der Waals surface area contributed by atoms with Crippen LogP contribution in [0.3, 0.4) is 0 Å². The molecule has 0 aromatic carbocycles. The molecule has 1 unspecified atom stereocenters. The molecule has 19 heavy (non-hydrogen) atoms. The van der Waals surface area contributed by atoms with Gasteiger partial charge in [0, 0.05) is 39.1 Å².